The smallest absolute Gasteiger partial charge is 0.263 e. The van der Waals surface area contributed by atoms with E-state index in [1.165, 1.54) is 6.08 Å². The first kappa shape index (κ1) is 20.8. The highest BCUT2D eigenvalue weighted by Crippen LogP contribution is 2.28. The van der Waals surface area contributed by atoms with Crippen LogP contribution in [0.5, 0.6) is 5.75 Å². The van der Waals surface area contributed by atoms with Gasteiger partial charge in [-0.05, 0) is 73.7 Å². The zero-order valence-corrected chi connectivity index (χ0v) is 18.0. The number of carbonyl (C=O) groups is 2. The van der Waals surface area contributed by atoms with Gasteiger partial charge in [0.25, 0.3) is 11.8 Å². The van der Waals surface area contributed by atoms with Crippen molar-refractivity contribution in [2.75, 3.05) is 6.61 Å². The fourth-order valence-corrected chi connectivity index (χ4v) is 3.39. The Bertz CT molecular complexity index is 1180. The quantitative estimate of drug-likeness (QED) is 0.351. The number of halogens is 1. The van der Waals surface area contributed by atoms with Gasteiger partial charge in [-0.2, -0.15) is 5.10 Å². The lowest BCUT2D eigenvalue weighted by Gasteiger charge is -2.16. The average Bonchev–Trinajstić information content (AvgIpc) is 3.16. The summed E-state index contributed by atoms with van der Waals surface area (Å²) in [5.41, 5.74) is 2.71. The van der Waals surface area contributed by atoms with Gasteiger partial charge in [-0.25, -0.2) is 4.68 Å². The second kappa shape index (κ2) is 8.71. The molecule has 1 saturated heterocycles. The van der Waals surface area contributed by atoms with Crippen LogP contribution in [-0.4, -0.2) is 33.3 Å². The standard InChI is InChI=1S/C22H17ClN4O3S/c1-2-30-17-9-3-13(4-10-17)19-14(11-18-20(28)24-22(31)25-21(18)29)12-27(26-19)16-7-5-15(23)6-8-16/h3-12H,2H2,1H3,(H2,24,25,28,29,31). The molecule has 0 radical (unpaired) electrons. The van der Waals surface area contributed by atoms with Gasteiger partial charge < -0.3 is 4.74 Å². The molecule has 0 unspecified atom stereocenters. The fraction of sp³-hybridized carbons (Fsp3) is 0.0909. The van der Waals surface area contributed by atoms with Crippen LogP contribution in [0.4, 0.5) is 0 Å². The van der Waals surface area contributed by atoms with E-state index < -0.39 is 11.8 Å². The summed E-state index contributed by atoms with van der Waals surface area (Å²) in [6, 6.07) is 14.6. The number of ether oxygens (including phenoxy) is 1. The summed E-state index contributed by atoms with van der Waals surface area (Å²) in [5, 5.41) is 10.2. The van der Waals surface area contributed by atoms with Crippen molar-refractivity contribution in [1.29, 1.82) is 0 Å². The first-order chi connectivity index (χ1) is 14.9. The van der Waals surface area contributed by atoms with E-state index >= 15 is 0 Å². The van der Waals surface area contributed by atoms with Gasteiger partial charge in [0.15, 0.2) is 5.11 Å². The molecule has 0 aliphatic carbocycles. The summed E-state index contributed by atoms with van der Waals surface area (Å²) >= 11 is 10.9. The number of thiocarbonyl (C=S) groups is 1. The van der Waals surface area contributed by atoms with E-state index in [1.807, 2.05) is 43.3 Å². The van der Waals surface area contributed by atoms with Crippen molar-refractivity contribution in [2.24, 2.45) is 0 Å². The monoisotopic (exact) mass is 452 g/mol. The summed E-state index contributed by atoms with van der Waals surface area (Å²) in [7, 11) is 0. The van der Waals surface area contributed by atoms with Gasteiger partial charge >= 0.3 is 0 Å². The molecular weight excluding hydrogens is 436 g/mol. The minimum absolute atomic E-state index is 0.0178. The van der Waals surface area contributed by atoms with Gasteiger partial charge in [-0.1, -0.05) is 11.6 Å². The highest BCUT2D eigenvalue weighted by atomic mass is 35.5. The predicted molar refractivity (Wildman–Crippen MR) is 122 cm³/mol. The maximum Gasteiger partial charge on any atom is 0.263 e. The SMILES string of the molecule is CCOc1ccc(-c2nn(-c3ccc(Cl)cc3)cc2C=C2C(=O)NC(=S)NC2=O)cc1. The van der Waals surface area contributed by atoms with Gasteiger partial charge in [-0.3, -0.25) is 20.2 Å². The maximum atomic E-state index is 12.3. The summed E-state index contributed by atoms with van der Waals surface area (Å²) in [6.45, 7) is 2.48. The van der Waals surface area contributed by atoms with Crippen LogP contribution in [0.3, 0.4) is 0 Å². The number of carbonyl (C=O) groups excluding carboxylic acids is 2. The van der Waals surface area contributed by atoms with E-state index in [1.54, 1.807) is 23.0 Å². The van der Waals surface area contributed by atoms with Gasteiger partial charge in [0.2, 0.25) is 0 Å². The molecule has 3 aromatic rings. The Morgan fingerprint density at radius 3 is 2.32 bits per heavy atom. The molecule has 1 aliphatic rings. The second-order valence-corrected chi connectivity index (χ2v) is 7.45. The molecule has 1 aliphatic heterocycles. The molecule has 1 fully saturated rings. The Labute approximate surface area is 188 Å². The van der Waals surface area contributed by atoms with E-state index in [0.717, 1.165) is 17.0 Å². The number of aromatic nitrogens is 2. The molecular formula is C22H17ClN4O3S. The molecule has 4 rings (SSSR count). The zero-order valence-electron chi connectivity index (χ0n) is 16.4. The van der Waals surface area contributed by atoms with Crippen LogP contribution in [0.1, 0.15) is 12.5 Å². The molecule has 31 heavy (non-hydrogen) atoms. The predicted octanol–water partition coefficient (Wildman–Crippen LogP) is 3.51. The van der Waals surface area contributed by atoms with Crippen molar-refractivity contribution in [1.82, 2.24) is 20.4 Å². The molecule has 2 heterocycles. The normalized spacial score (nSPS) is 13.6. The maximum absolute atomic E-state index is 12.3. The molecule has 0 atom stereocenters. The van der Waals surface area contributed by atoms with Crippen LogP contribution in [0.2, 0.25) is 5.02 Å². The number of nitrogens with one attached hydrogen (secondary N) is 2. The Morgan fingerprint density at radius 1 is 1.06 bits per heavy atom. The minimum Gasteiger partial charge on any atom is -0.494 e. The Kier molecular flexibility index (Phi) is 5.83. The molecule has 1 aromatic heterocycles. The molecule has 0 spiro atoms. The average molecular weight is 453 g/mol. The third-order valence-electron chi connectivity index (χ3n) is 4.52. The topological polar surface area (TPSA) is 85.2 Å². The molecule has 9 heteroatoms. The lowest BCUT2D eigenvalue weighted by atomic mass is 10.0. The van der Waals surface area contributed by atoms with Crippen LogP contribution < -0.4 is 15.4 Å². The van der Waals surface area contributed by atoms with Crippen molar-refractivity contribution in [3.8, 4) is 22.7 Å². The highest BCUT2D eigenvalue weighted by Gasteiger charge is 2.26. The minimum atomic E-state index is -0.564. The largest absolute Gasteiger partial charge is 0.494 e. The van der Waals surface area contributed by atoms with Crippen LogP contribution >= 0.6 is 23.8 Å². The Balaban J connectivity index is 1.81. The number of hydrogen-bond donors (Lipinski definition) is 2. The van der Waals surface area contributed by atoms with E-state index in [4.69, 9.17) is 28.6 Å². The van der Waals surface area contributed by atoms with Gasteiger partial charge in [0.05, 0.1) is 18.0 Å². The second-order valence-electron chi connectivity index (χ2n) is 6.61. The molecule has 2 N–H and O–H groups in total. The number of rotatable bonds is 5. The van der Waals surface area contributed by atoms with Crippen LogP contribution in [0.25, 0.3) is 23.0 Å². The number of benzene rings is 2. The van der Waals surface area contributed by atoms with E-state index in [2.05, 4.69) is 15.7 Å². The van der Waals surface area contributed by atoms with Crippen molar-refractivity contribution < 1.29 is 14.3 Å². The summed E-state index contributed by atoms with van der Waals surface area (Å²) in [6.07, 6.45) is 3.24. The number of nitrogens with zero attached hydrogens (tertiary/aromatic N) is 2. The number of hydrogen-bond acceptors (Lipinski definition) is 5. The lowest BCUT2D eigenvalue weighted by molar-refractivity contribution is -0.123. The lowest BCUT2D eigenvalue weighted by Crippen LogP contribution is -2.51. The van der Waals surface area contributed by atoms with Gasteiger partial charge in [0, 0.05) is 22.3 Å². The molecule has 0 saturated carbocycles. The summed E-state index contributed by atoms with van der Waals surface area (Å²) in [4.78, 5) is 24.6. The Hall–Kier alpha value is -3.49. The first-order valence-corrected chi connectivity index (χ1v) is 10.2. The highest BCUT2D eigenvalue weighted by molar-refractivity contribution is 7.80. The summed E-state index contributed by atoms with van der Waals surface area (Å²) in [5.74, 6) is -0.390. The van der Waals surface area contributed by atoms with Crippen molar-refractivity contribution in [3.05, 3.63) is 70.9 Å². The molecule has 7 nitrogen and oxygen atoms in total. The van der Waals surface area contributed by atoms with Crippen LogP contribution in [0.15, 0.2) is 60.3 Å². The van der Waals surface area contributed by atoms with E-state index in [0.29, 0.717) is 22.9 Å². The summed E-state index contributed by atoms with van der Waals surface area (Å²) < 4.78 is 7.17. The van der Waals surface area contributed by atoms with Crippen molar-refractivity contribution in [3.63, 3.8) is 0 Å². The first-order valence-electron chi connectivity index (χ1n) is 9.42. The fourth-order valence-electron chi connectivity index (χ4n) is 3.08. The third-order valence-corrected chi connectivity index (χ3v) is 4.97. The zero-order chi connectivity index (χ0) is 22.0. The molecule has 2 aromatic carbocycles. The van der Waals surface area contributed by atoms with Gasteiger partial charge in [-0.15, -0.1) is 0 Å². The Morgan fingerprint density at radius 2 is 1.71 bits per heavy atom. The van der Waals surface area contributed by atoms with E-state index in [9.17, 15) is 9.59 Å². The van der Waals surface area contributed by atoms with Crippen LogP contribution in [-0.2, 0) is 9.59 Å². The molecule has 2 amide bonds. The van der Waals surface area contributed by atoms with Crippen molar-refractivity contribution >= 4 is 46.8 Å². The molecule has 0 bridgehead atoms. The molecule has 156 valence electrons. The number of amides is 2. The van der Waals surface area contributed by atoms with Gasteiger partial charge in [0.1, 0.15) is 11.3 Å². The van der Waals surface area contributed by atoms with E-state index in [-0.39, 0.29) is 10.7 Å². The van der Waals surface area contributed by atoms with Crippen LogP contribution in [0, 0.1) is 0 Å². The van der Waals surface area contributed by atoms with Crippen molar-refractivity contribution in [2.45, 2.75) is 6.92 Å². The third kappa shape index (κ3) is 4.50.